The number of rotatable bonds is 10. The summed E-state index contributed by atoms with van der Waals surface area (Å²) >= 11 is 0. The number of ketones is 1. The van der Waals surface area contributed by atoms with Crippen molar-refractivity contribution in [2.45, 2.75) is 51.0 Å². The number of esters is 1. The van der Waals surface area contributed by atoms with Gasteiger partial charge in [-0.25, -0.2) is 0 Å². The number of methoxy groups -OCH3 is 3. The average molecular weight is 454 g/mol. The number of ether oxygens (including phenoxy) is 3. The number of carbonyl (C=O) groups excluding carboxylic acids is 3. The molecular weight excluding hydrogens is 422 g/mol. The monoisotopic (exact) mass is 453 g/mol. The van der Waals surface area contributed by atoms with Gasteiger partial charge in [0.15, 0.2) is 17.3 Å². The number of benzene rings is 2. The van der Waals surface area contributed by atoms with E-state index in [4.69, 9.17) is 14.2 Å². The maximum atomic E-state index is 12.7. The number of nitrogens with one attached hydrogen (secondary N) is 1. The molecule has 1 atom stereocenters. The van der Waals surface area contributed by atoms with Crippen LogP contribution in [0, 0.1) is 0 Å². The van der Waals surface area contributed by atoms with Crippen LogP contribution in [0.3, 0.4) is 0 Å². The van der Waals surface area contributed by atoms with Gasteiger partial charge in [0.1, 0.15) is 0 Å². The lowest BCUT2D eigenvalue weighted by atomic mass is 9.89. The minimum atomic E-state index is -0.622. The molecule has 7 nitrogen and oxygen atoms in total. The van der Waals surface area contributed by atoms with Gasteiger partial charge in [-0.15, -0.1) is 0 Å². The normalized spacial score (nSPS) is 13.4. The highest BCUT2D eigenvalue weighted by Crippen LogP contribution is 2.31. The van der Waals surface area contributed by atoms with Crippen molar-refractivity contribution in [2.75, 3.05) is 21.3 Å². The zero-order chi connectivity index (χ0) is 23.8. The van der Waals surface area contributed by atoms with E-state index < -0.39 is 12.0 Å². The van der Waals surface area contributed by atoms with Crippen molar-refractivity contribution in [2.24, 2.45) is 0 Å². The van der Waals surface area contributed by atoms with Crippen LogP contribution in [0.25, 0.3) is 0 Å². The predicted octanol–water partition coefficient (Wildman–Crippen LogP) is 3.97. The predicted molar refractivity (Wildman–Crippen MR) is 124 cm³/mol. The maximum absolute atomic E-state index is 12.7. The molecule has 2 aromatic rings. The van der Waals surface area contributed by atoms with E-state index in [0.717, 1.165) is 19.3 Å². The van der Waals surface area contributed by atoms with E-state index in [0.29, 0.717) is 22.6 Å². The molecule has 0 saturated carbocycles. The molecule has 1 amide bonds. The molecule has 0 aromatic heterocycles. The first-order chi connectivity index (χ1) is 15.9. The first kappa shape index (κ1) is 24.3. The average Bonchev–Trinajstić information content (AvgIpc) is 2.85. The van der Waals surface area contributed by atoms with Crippen molar-refractivity contribution in [1.82, 2.24) is 5.32 Å². The summed E-state index contributed by atoms with van der Waals surface area (Å²) in [6.07, 6.45) is 4.47. The Bertz CT molecular complexity index is 1020. The Morgan fingerprint density at radius 3 is 2.30 bits per heavy atom. The topological polar surface area (TPSA) is 90.9 Å². The van der Waals surface area contributed by atoms with Gasteiger partial charge < -0.3 is 19.5 Å². The van der Waals surface area contributed by atoms with Crippen LogP contribution < -0.4 is 14.8 Å². The maximum Gasteiger partial charge on any atom is 0.307 e. The van der Waals surface area contributed by atoms with Crippen LogP contribution in [0.5, 0.6) is 11.5 Å². The van der Waals surface area contributed by atoms with E-state index in [1.54, 1.807) is 18.2 Å². The van der Waals surface area contributed by atoms with Crippen molar-refractivity contribution in [3.8, 4) is 11.5 Å². The number of fused-ring (bicyclic) bond motifs is 1. The minimum Gasteiger partial charge on any atom is -0.493 e. The fourth-order valence-corrected chi connectivity index (χ4v) is 4.12. The molecule has 1 unspecified atom stereocenters. The molecule has 0 radical (unpaired) electrons. The zero-order valence-electron chi connectivity index (χ0n) is 19.4. The zero-order valence-corrected chi connectivity index (χ0v) is 19.4. The van der Waals surface area contributed by atoms with Crippen molar-refractivity contribution < 1.29 is 28.6 Å². The summed E-state index contributed by atoms with van der Waals surface area (Å²) in [4.78, 5) is 37.3. The molecule has 3 rings (SSSR count). The Balaban J connectivity index is 1.66. The molecule has 1 aliphatic carbocycles. The molecule has 176 valence electrons. The first-order valence-electron chi connectivity index (χ1n) is 11.2. The van der Waals surface area contributed by atoms with E-state index in [2.05, 4.69) is 5.32 Å². The van der Waals surface area contributed by atoms with Gasteiger partial charge in [0.25, 0.3) is 0 Å². The Morgan fingerprint density at radius 2 is 1.61 bits per heavy atom. The van der Waals surface area contributed by atoms with Crippen LogP contribution in [0.4, 0.5) is 0 Å². The highest BCUT2D eigenvalue weighted by Gasteiger charge is 2.21. The van der Waals surface area contributed by atoms with Crippen molar-refractivity contribution >= 4 is 17.7 Å². The minimum absolute atomic E-state index is 0.0287. The second-order valence-corrected chi connectivity index (χ2v) is 8.13. The number of hydrogen-bond acceptors (Lipinski definition) is 6. The lowest BCUT2D eigenvalue weighted by Crippen LogP contribution is -2.30. The van der Waals surface area contributed by atoms with Crippen LogP contribution >= 0.6 is 0 Å². The standard InChI is InChI=1S/C26H31NO6/c1-31-23-12-10-19(15-24(23)32-2)21(16-26(30)33-3)27-25(29)13-11-22(28)20-9-8-17-6-4-5-7-18(17)14-20/h8-10,12,14-15,21H,4-7,11,13,16H2,1-3H3,(H,27,29). The molecule has 0 saturated heterocycles. The summed E-state index contributed by atoms with van der Waals surface area (Å²) in [6, 6.07) is 10.4. The Labute approximate surface area is 194 Å². The number of Topliss-reactive ketones (excluding diaryl/α,β-unsaturated/α-hetero) is 1. The van der Waals surface area contributed by atoms with Crippen molar-refractivity contribution in [3.63, 3.8) is 0 Å². The van der Waals surface area contributed by atoms with Crippen LogP contribution in [-0.4, -0.2) is 39.0 Å². The number of hydrogen-bond donors (Lipinski definition) is 1. The fraction of sp³-hybridized carbons (Fsp3) is 0.423. The number of amides is 1. The first-order valence-corrected chi connectivity index (χ1v) is 11.2. The SMILES string of the molecule is COC(=O)CC(NC(=O)CCC(=O)c1ccc2c(c1)CCCC2)c1ccc(OC)c(OC)c1. The molecule has 0 bridgehead atoms. The van der Waals surface area contributed by atoms with E-state index in [1.807, 2.05) is 18.2 Å². The molecule has 2 aromatic carbocycles. The van der Waals surface area contributed by atoms with E-state index in [1.165, 1.54) is 38.9 Å². The van der Waals surface area contributed by atoms with Gasteiger partial charge in [0.05, 0.1) is 33.8 Å². The fourth-order valence-electron chi connectivity index (χ4n) is 4.12. The molecule has 0 aliphatic heterocycles. The van der Waals surface area contributed by atoms with Gasteiger partial charge in [0.2, 0.25) is 5.91 Å². The summed E-state index contributed by atoms with van der Waals surface area (Å²) in [6.45, 7) is 0. The Hall–Kier alpha value is -3.35. The molecule has 1 N–H and O–H groups in total. The third kappa shape index (κ3) is 6.34. The lowest BCUT2D eigenvalue weighted by molar-refractivity contribution is -0.141. The largest absolute Gasteiger partial charge is 0.493 e. The summed E-state index contributed by atoms with van der Waals surface area (Å²) in [5.74, 6) is 0.195. The van der Waals surface area contributed by atoms with Gasteiger partial charge >= 0.3 is 5.97 Å². The number of carbonyl (C=O) groups is 3. The highest BCUT2D eigenvalue weighted by atomic mass is 16.5. The second-order valence-electron chi connectivity index (χ2n) is 8.13. The second kappa shape index (κ2) is 11.5. The highest BCUT2D eigenvalue weighted by molar-refractivity contribution is 5.98. The third-order valence-corrected chi connectivity index (χ3v) is 5.99. The van der Waals surface area contributed by atoms with Crippen molar-refractivity contribution in [1.29, 1.82) is 0 Å². The quantitative estimate of drug-likeness (QED) is 0.432. The third-order valence-electron chi connectivity index (χ3n) is 5.99. The molecule has 0 fully saturated rings. The molecule has 7 heteroatoms. The number of aryl methyl sites for hydroxylation is 2. The van der Waals surface area contributed by atoms with E-state index in [-0.39, 0.29) is 31.0 Å². The molecule has 33 heavy (non-hydrogen) atoms. The van der Waals surface area contributed by atoms with E-state index in [9.17, 15) is 14.4 Å². The van der Waals surface area contributed by atoms with Crippen LogP contribution in [-0.2, 0) is 27.2 Å². The summed E-state index contributed by atoms with van der Waals surface area (Å²) in [5, 5.41) is 2.86. The molecular formula is C26H31NO6. The Morgan fingerprint density at radius 1 is 0.879 bits per heavy atom. The van der Waals surface area contributed by atoms with Gasteiger partial charge in [-0.2, -0.15) is 0 Å². The van der Waals surface area contributed by atoms with Gasteiger partial charge in [-0.05, 0) is 60.6 Å². The van der Waals surface area contributed by atoms with E-state index >= 15 is 0 Å². The summed E-state index contributed by atoms with van der Waals surface area (Å²) in [7, 11) is 4.35. The van der Waals surface area contributed by atoms with Gasteiger partial charge in [0, 0.05) is 18.4 Å². The summed E-state index contributed by atoms with van der Waals surface area (Å²) < 4.78 is 15.4. The van der Waals surface area contributed by atoms with Crippen LogP contribution in [0.2, 0.25) is 0 Å². The van der Waals surface area contributed by atoms with Gasteiger partial charge in [-0.1, -0.05) is 18.2 Å². The van der Waals surface area contributed by atoms with Crippen LogP contribution in [0.1, 0.15) is 65.2 Å². The van der Waals surface area contributed by atoms with Crippen molar-refractivity contribution in [3.05, 3.63) is 58.7 Å². The summed E-state index contributed by atoms with van der Waals surface area (Å²) in [5.41, 5.74) is 3.88. The van der Waals surface area contributed by atoms with Crippen LogP contribution in [0.15, 0.2) is 36.4 Å². The Kier molecular flexibility index (Phi) is 8.46. The molecule has 0 heterocycles. The van der Waals surface area contributed by atoms with Gasteiger partial charge in [-0.3, -0.25) is 14.4 Å². The lowest BCUT2D eigenvalue weighted by Gasteiger charge is -2.20. The smallest absolute Gasteiger partial charge is 0.307 e. The molecule has 0 spiro atoms. The molecule has 1 aliphatic rings.